The maximum Gasteiger partial charge on any atom is 0.274 e. The third kappa shape index (κ3) is 6.84. The van der Waals surface area contributed by atoms with Crippen LogP contribution in [0.2, 0.25) is 0 Å². The van der Waals surface area contributed by atoms with Crippen LogP contribution in [0.25, 0.3) is 22.4 Å². The largest absolute Gasteiger partial charge is 0.483 e. The number of ether oxygens (including phenoxy) is 1. The lowest BCUT2D eigenvalue weighted by Crippen LogP contribution is -2.47. The Morgan fingerprint density at radius 3 is 2.55 bits per heavy atom. The maximum absolute atomic E-state index is 15.0. The van der Waals surface area contributed by atoms with Gasteiger partial charge in [-0.25, -0.2) is 18.7 Å². The molecular weight excluding hydrogens is 634 g/mol. The first kappa shape index (κ1) is 33.2. The summed E-state index contributed by atoms with van der Waals surface area (Å²) in [5.74, 6) is -2.68. The molecule has 0 aliphatic carbocycles. The quantitative estimate of drug-likeness (QED) is 0.184. The van der Waals surface area contributed by atoms with Gasteiger partial charge < -0.3 is 24.8 Å². The zero-order valence-corrected chi connectivity index (χ0v) is 27.5. The first-order chi connectivity index (χ1) is 23.5. The number of halogens is 2. The van der Waals surface area contributed by atoms with Crippen molar-refractivity contribution in [2.45, 2.75) is 59.5 Å². The van der Waals surface area contributed by atoms with E-state index in [4.69, 9.17) is 4.74 Å². The van der Waals surface area contributed by atoms with E-state index in [1.54, 1.807) is 23.3 Å². The van der Waals surface area contributed by atoms with Crippen LogP contribution in [-0.2, 0) is 24.5 Å². The number of carbonyl (C=O) groups is 2. The van der Waals surface area contributed by atoms with Crippen molar-refractivity contribution in [1.82, 2.24) is 34.9 Å². The number of pyridine rings is 1. The molecule has 1 atom stereocenters. The Hall–Kier alpha value is -5.66. The van der Waals surface area contributed by atoms with Gasteiger partial charge in [-0.2, -0.15) is 5.10 Å². The van der Waals surface area contributed by atoms with Crippen LogP contribution in [0.3, 0.4) is 0 Å². The number of carbonyl (C=O) groups excluding carboxylic acids is 2. The van der Waals surface area contributed by atoms with Crippen LogP contribution >= 0.6 is 0 Å². The fourth-order valence-corrected chi connectivity index (χ4v) is 5.81. The van der Waals surface area contributed by atoms with Gasteiger partial charge in [0.15, 0.2) is 28.9 Å². The third-order valence-electron chi connectivity index (χ3n) is 8.40. The summed E-state index contributed by atoms with van der Waals surface area (Å²) in [6.07, 6.45) is 0.956. The molecule has 4 heterocycles. The number of H-pyrrole nitrogens is 1. The zero-order valence-electron chi connectivity index (χ0n) is 27.5. The predicted molar refractivity (Wildman–Crippen MR) is 179 cm³/mol. The van der Waals surface area contributed by atoms with Gasteiger partial charge in [-0.3, -0.25) is 19.5 Å². The molecule has 2 amide bonds. The van der Waals surface area contributed by atoms with E-state index in [1.165, 1.54) is 24.3 Å². The maximum atomic E-state index is 15.0. The van der Waals surface area contributed by atoms with Crippen LogP contribution < -0.4 is 20.8 Å². The smallest absolute Gasteiger partial charge is 0.274 e. The molecule has 0 radical (unpaired) electrons. The molecule has 12 nitrogen and oxygen atoms in total. The van der Waals surface area contributed by atoms with Crippen molar-refractivity contribution in [2.75, 3.05) is 11.9 Å². The van der Waals surface area contributed by atoms with Crippen LogP contribution in [0.15, 0.2) is 65.6 Å². The van der Waals surface area contributed by atoms with Crippen molar-refractivity contribution in [2.24, 2.45) is 5.92 Å². The first-order valence-electron chi connectivity index (χ1n) is 16.0. The summed E-state index contributed by atoms with van der Waals surface area (Å²) in [7, 11) is 0. The highest BCUT2D eigenvalue weighted by Gasteiger charge is 2.33. The van der Waals surface area contributed by atoms with E-state index in [9.17, 15) is 18.8 Å². The fraction of sp³-hybridized carbons (Fsp3) is 0.314. The first-order valence-corrected chi connectivity index (χ1v) is 16.0. The second-order valence-electron chi connectivity index (χ2n) is 12.4. The highest BCUT2D eigenvalue weighted by molar-refractivity contribution is 5.96. The Labute approximate surface area is 280 Å². The SMILES string of the molecule is CC(C)[C@H](Nc1nc(-c2n[nH]c3ccc(F)cc23)ncc1F)C(=O)NCc1cc(=O)c(OCc2ccccc2)c2n1CCN(C(C)C)C2=O. The summed E-state index contributed by atoms with van der Waals surface area (Å²) in [6, 6.07) is 13.7. The summed E-state index contributed by atoms with van der Waals surface area (Å²) >= 11 is 0. The van der Waals surface area contributed by atoms with Gasteiger partial charge in [0.25, 0.3) is 5.91 Å². The van der Waals surface area contributed by atoms with Gasteiger partial charge in [-0.1, -0.05) is 44.2 Å². The number of aromatic amines is 1. The minimum atomic E-state index is -0.954. The molecule has 1 aliphatic heterocycles. The number of aromatic nitrogens is 5. The molecule has 5 aromatic rings. The van der Waals surface area contributed by atoms with Crippen LogP contribution in [0.4, 0.5) is 14.6 Å². The molecule has 2 aromatic carbocycles. The monoisotopic (exact) mass is 670 g/mol. The predicted octanol–water partition coefficient (Wildman–Crippen LogP) is 4.66. The summed E-state index contributed by atoms with van der Waals surface area (Å²) in [5.41, 5.74) is 1.69. The summed E-state index contributed by atoms with van der Waals surface area (Å²) in [6.45, 7) is 8.19. The number of nitrogens with one attached hydrogen (secondary N) is 3. The van der Waals surface area contributed by atoms with Gasteiger partial charge >= 0.3 is 0 Å². The number of benzene rings is 2. The van der Waals surface area contributed by atoms with Crippen molar-refractivity contribution in [3.63, 3.8) is 0 Å². The number of rotatable bonds is 11. The van der Waals surface area contributed by atoms with Gasteiger partial charge in [0.1, 0.15) is 24.2 Å². The molecule has 0 saturated carbocycles. The normalized spacial score (nSPS) is 13.6. The fourth-order valence-electron chi connectivity index (χ4n) is 5.81. The van der Waals surface area contributed by atoms with Gasteiger partial charge in [0.05, 0.1) is 18.3 Å². The molecule has 14 heteroatoms. The van der Waals surface area contributed by atoms with Crippen molar-refractivity contribution >= 4 is 28.5 Å². The van der Waals surface area contributed by atoms with E-state index < -0.39 is 29.0 Å². The van der Waals surface area contributed by atoms with E-state index in [0.717, 1.165) is 11.8 Å². The molecule has 3 aromatic heterocycles. The number of amides is 2. The lowest BCUT2D eigenvalue weighted by atomic mass is 10.0. The van der Waals surface area contributed by atoms with E-state index in [-0.39, 0.29) is 59.8 Å². The molecule has 6 rings (SSSR count). The summed E-state index contributed by atoms with van der Waals surface area (Å²) in [4.78, 5) is 50.7. The van der Waals surface area contributed by atoms with E-state index >= 15 is 4.39 Å². The molecule has 1 aliphatic rings. The van der Waals surface area contributed by atoms with Gasteiger partial charge in [-0.15, -0.1) is 0 Å². The highest BCUT2D eigenvalue weighted by atomic mass is 19.1. The third-order valence-corrected chi connectivity index (χ3v) is 8.40. The average Bonchev–Trinajstić information content (AvgIpc) is 3.49. The number of hydrogen-bond acceptors (Lipinski definition) is 8. The average molecular weight is 671 g/mol. The van der Waals surface area contributed by atoms with Gasteiger partial charge in [-0.05, 0) is 43.5 Å². The van der Waals surface area contributed by atoms with Gasteiger partial charge in [0, 0.05) is 36.3 Å². The van der Waals surface area contributed by atoms with E-state index in [1.807, 2.05) is 44.2 Å². The molecule has 0 bridgehead atoms. The minimum Gasteiger partial charge on any atom is -0.483 e. The summed E-state index contributed by atoms with van der Waals surface area (Å²) < 4.78 is 36.6. The Morgan fingerprint density at radius 1 is 1.04 bits per heavy atom. The standard InChI is InChI=1S/C35H36F2N8O4/c1-19(2)28(40-32-25(37)17-38-33(41-32)29-24-14-22(36)10-11-26(24)42-43-29)34(47)39-16-23-15-27(46)31(49-18-21-8-6-5-7-9-21)30-35(48)44(20(3)4)12-13-45(23)30/h5-11,14-15,17,19-20,28H,12-13,16,18H2,1-4H3,(H,39,47)(H,42,43)(H,38,40,41)/t28-/m0/s1. The van der Waals surface area contributed by atoms with E-state index in [0.29, 0.717) is 29.7 Å². The molecule has 49 heavy (non-hydrogen) atoms. The van der Waals surface area contributed by atoms with Gasteiger partial charge in [0.2, 0.25) is 11.3 Å². The second-order valence-corrected chi connectivity index (χ2v) is 12.4. The highest BCUT2D eigenvalue weighted by Crippen LogP contribution is 2.27. The van der Waals surface area contributed by atoms with Crippen molar-refractivity contribution in [1.29, 1.82) is 0 Å². The molecule has 0 unspecified atom stereocenters. The molecule has 0 spiro atoms. The second kappa shape index (κ2) is 13.8. The van der Waals surface area contributed by atoms with Crippen molar-refractivity contribution in [3.8, 4) is 17.3 Å². The van der Waals surface area contributed by atoms with Crippen LogP contribution in [0, 0.1) is 17.6 Å². The number of anilines is 1. The Bertz CT molecular complexity index is 2080. The summed E-state index contributed by atoms with van der Waals surface area (Å²) in [5, 5.41) is 13.1. The van der Waals surface area contributed by atoms with Crippen LogP contribution in [0.5, 0.6) is 5.75 Å². The molecule has 254 valence electrons. The number of nitrogens with zero attached hydrogens (tertiary/aromatic N) is 5. The molecular formula is C35H36F2N8O4. The van der Waals surface area contributed by atoms with Crippen LogP contribution in [-0.4, -0.2) is 60.1 Å². The Kier molecular flexibility index (Phi) is 9.38. The minimum absolute atomic E-state index is 0.0318. The number of hydrogen-bond donors (Lipinski definition) is 3. The molecule has 3 N–H and O–H groups in total. The van der Waals surface area contributed by atoms with Crippen molar-refractivity contribution in [3.05, 3.63) is 99.6 Å². The number of fused-ring (bicyclic) bond motifs is 2. The Balaban J connectivity index is 1.24. The van der Waals surface area contributed by atoms with Crippen molar-refractivity contribution < 1.29 is 23.1 Å². The van der Waals surface area contributed by atoms with Crippen LogP contribution in [0.1, 0.15) is 49.4 Å². The van der Waals surface area contributed by atoms with E-state index in [2.05, 4.69) is 30.8 Å². The Morgan fingerprint density at radius 2 is 1.82 bits per heavy atom. The zero-order chi connectivity index (χ0) is 34.8. The topological polar surface area (TPSA) is 147 Å². The molecule has 0 fully saturated rings. The molecule has 0 saturated heterocycles. The lowest BCUT2D eigenvalue weighted by molar-refractivity contribution is -0.122. The lowest BCUT2D eigenvalue weighted by Gasteiger charge is -2.35.